The van der Waals surface area contributed by atoms with Crippen LogP contribution in [0.15, 0.2) is 40.5 Å². The predicted octanol–water partition coefficient (Wildman–Crippen LogP) is 1.98. The molecule has 0 atom stereocenters. The quantitative estimate of drug-likeness (QED) is 0.586. The molecule has 0 radical (unpaired) electrons. The molecule has 1 aliphatic heterocycles. The van der Waals surface area contributed by atoms with Crippen molar-refractivity contribution in [3.8, 4) is 17.3 Å². The molecule has 1 aromatic heterocycles. The van der Waals surface area contributed by atoms with Crippen LogP contribution in [0.1, 0.15) is 12.0 Å². The van der Waals surface area contributed by atoms with Gasteiger partial charge in [0.25, 0.3) is 11.8 Å². The minimum absolute atomic E-state index is 0.192. The van der Waals surface area contributed by atoms with Gasteiger partial charge in [0.2, 0.25) is 0 Å². The summed E-state index contributed by atoms with van der Waals surface area (Å²) in [7, 11) is 0. The topological polar surface area (TPSA) is 117 Å². The lowest BCUT2D eigenvalue weighted by Gasteiger charge is -2.13. The first-order valence-electron chi connectivity index (χ1n) is 7.56. The van der Waals surface area contributed by atoms with E-state index in [1.807, 2.05) is 41.0 Å². The van der Waals surface area contributed by atoms with Gasteiger partial charge in [-0.1, -0.05) is 28.1 Å². The average Bonchev–Trinajstić information content (AvgIpc) is 3.00. The van der Waals surface area contributed by atoms with Crippen molar-refractivity contribution in [3.05, 3.63) is 46.1 Å². The fraction of sp³-hybridized carbons (Fsp3) is 0.118. The summed E-state index contributed by atoms with van der Waals surface area (Å²) in [4.78, 5) is 35.1. The number of nitrogens with one attached hydrogen (secondary N) is 2. The van der Waals surface area contributed by atoms with Gasteiger partial charge in [-0.3, -0.25) is 24.9 Å². The summed E-state index contributed by atoms with van der Waals surface area (Å²) in [6.45, 7) is 0.375. The fourth-order valence-electron chi connectivity index (χ4n) is 2.42. The maximum atomic E-state index is 12.0. The third-order valence-corrected chi connectivity index (χ3v) is 4.13. The number of nitrogens with zero attached hydrogens (tertiary/aromatic N) is 3. The molecule has 0 bridgehead atoms. The molecule has 0 saturated carbocycles. The van der Waals surface area contributed by atoms with Gasteiger partial charge in [-0.2, -0.15) is 10.4 Å². The molecule has 2 aromatic rings. The van der Waals surface area contributed by atoms with Gasteiger partial charge in [0.1, 0.15) is 5.57 Å². The summed E-state index contributed by atoms with van der Waals surface area (Å²) in [5.41, 5.74) is 1.67. The van der Waals surface area contributed by atoms with Gasteiger partial charge in [0.05, 0.1) is 24.7 Å². The zero-order valence-electron chi connectivity index (χ0n) is 13.3. The highest BCUT2D eigenvalue weighted by Crippen LogP contribution is 2.26. The Labute approximate surface area is 156 Å². The number of halogens is 1. The molecular weight excluding hydrogens is 402 g/mol. The minimum Gasteiger partial charge on any atom is -0.273 e. The second-order valence-corrected chi connectivity index (χ2v) is 6.32. The Morgan fingerprint density at radius 3 is 2.42 bits per heavy atom. The Morgan fingerprint density at radius 1 is 1.15 bits per heavy atom. The Balaban J connectivity index is 2.06. The molecule has 0 aliphatic carbocycles. The number of hydrogen-bond donors (Lipinski definition) is 2. The fourth-order valence-corrected chi connectivity index (χ4v) is 2.68. The average molecular weight is 414 g/mol. The molecule has 2 heterocycles. The van der Waals surface area contributed by atoms with Gasteiger partial charge in [0, 0.05) is 21.8 Å². The van der Waals surface area contributed by atoms with Crippen molar-refractivity contribution in [1.82, 2.24) is 20.4 Å². The van der Waals surface area contributed by atoms with Crippen LogP contribution in [0.4, 0.5) is 4.79 Å². The molecule has 0 unspecified atom stereocenters. The number of urea groups is 1. The highest BCUT2D eigenvalue weighted by atomic mass is 79.9. The molecule has 9 heteroatoms. The molecule has 4 amide bonds. The normalized spacial score (nSPS) is 13.8. The Hall–Kier alpha value is -3.25. The first-order valence-corrected chi connectivity index (χ1v) is 8.36. The van der Waals surface area contributed by atoms with E-state index < -0.39 is 17.8 Å². The summed E-state index contributed by atoms with van der Waals surface area (Å²) in [6, 6.07) is 8.57. The molecule has 26 heavy (non-hydrogen) atoms. The number of hydrogen-bond acceptors (Lipinski definition) is 5. The SMILES string of the molecule is N#CCCn1cc(C=C2C(=O)NC(=O)NC2=O)c(-c2ccc(Br)cc2)n1. The van der Waals surface area contributed by atoms with Crippen molar-refractivity contribution >= 4 is 39.9 Å². The zero-order valence-corrected chi connectivity index (χ0v) is 14.9. The van der Waals surface area contributed by atoms with E-state index in [9.17, 15) is 14.4 Å². The van der Waals surface area contributed by atoms with Crippen molar-refractivity contribution in [1.29, 1.82) is 5.26 Å². The Kier molecular flexibility index (Phi) is 4.95. The number of aryl methyl sites for hydroxylation is 1. The lowest BCUT2D eigenvalue weighted by Crippen LogP contribution is -2.51. The molecule has 3 rings (SSSR count). The molecule has 1 fully saturated rings. The van der Waals surface area contributed by atoms with Gasteiger partial charge in [-0.15, -0.1) is 0 Å². The maximum Gasteiger partial charge on any atom is 0.328 e. The molecule has 1 aromatic carbocycles. The van der Waals surface area contributed by atoms with E-state index in [4.69, 9.17) is 5.26 Å². The van der Waals surface area contributed by atoms with Gasteiger partial charge in [-0.05, 0) is 18.2 Å². The van der Waals surface area contributed by atoms with Crippen LogP contribution in [0.25, 0.3) is 17.3 Å². The van der Waals surface area contributed by atoms with E-state index in [0.29, 0.717) is 17.8 Å². The molecule has 1 saturated heterocycles. The van der Waals surface area contributed by atoms with Crippen LogP contribution in [-0.4, -0.2) is 27.6 Å². The number of carbonyl (C=O) groups is 3. The molecule has 130 valence electrons. The zero-order chi connectivity index (χ0) is 18.7. The second kappa shape index (κ2) is 7.33. The monoisotopic (exact) mass is 413 g/mol. The Morgan fingerprint density at radius 2 is 1.81 bits per heavy atom. The van der Waals surface area contributed by atoms with E-state index in [1.54, 1.807) is 10.9 Å². The maximum absolute atomic E-state index is 12.0. The van der Waals surface area contributed by atoms with E-state index in [-0.39, 0.29) is 12.0 Å². The van der Waals surface area contributed by atoms with Crippen molar-refractivity contribution < 1.29 is 14.4 Å². The highest BCUT2D eigenvalue weighted by Gasteiger charge is 2.28. The molecule has 8 nitrogen and oxygen atoms in total. The third-order valence-electron chi connectivity index (χ3n) is 3.60. The predicted molar refractivity (Wildman–Crippen MR) is 95.3 cm³/mol. The van der Waals surface area contributed by atoms with Crippen LogP contribution in [0.2, 0.25) is 0 Å². The van der Waals surface area contributed by atoms with Crippen molar-refractivity contribution in [2.45, 2.75) is 13.0 Å². The summed E-state index contributed by atoms with van der Waals surface area (Å²) in [5, 5.41) is 17.3. The number of carbonyl (C=O) groups excluding carboxylic acids is 3. The number of imide groups is 2. The second-order valence-electron chi connectivity index (χ2n) is 5.41. The van der Waals surface area contributed by atoms with Gasteiger partial charge in [0.15, 0.2) is 0 Å². The largest absolute Gasteiger partial charge is 0.328 e. The van der Waals surface area contributed by atoms with Gasteiger partial charge >= 0.3 is 6.03 Å². The van der Waals surface area contributed by atoms with Crippen molar-refractivity contribution in [2.75, 3.05) is 0 Å². The molecular formula is C17H12BrN5O3. The van der Waals surface area contributed by atoms with Crippen LogP contribution >= 0.6 is 15.9 Å². The minimum atomic E-state index is -0.852. The smallest absolute Gasteiger partial charge is 0.273 e. The molecule has 0 spiro atoms. The number of rotatable bonds is 4. The highest BCUT2D eigenvalue weighted by molar-refractivity contribution is 9.10. The first-order chi connectivity index (χ1) is 12.5. The van der Waals surface area contributed by atoms with Crippen molar-refractivity contribution in [3.63, 3.8) is 0 Å². The summed E-state index contributed by atoms with van der Waals surface area (Å²) in [6.07, 6.45) is 3.30. The van der Waals surface area contributed by atoms with E-state index in [2.05, 4.69) is 21.0 Å². The lowest BCUT2D eigenvalue weighted by atomic mass is 10.0. The van der Waals surface area contributed by atoms with Crippen molar-refractivity contribution in [2.24, 2.45) is 0 Å². The first kappa shape index (κ1) is 17.6. The summed E-state index contributed by atoms with van der Waals surface area (Å²) in [5.74, 6) is -1.55. The third kappa shape index (κ3) is 3.70. The lowest BCUT2D eigenvalue weighted by molar-refractivity contribution is -0.123. The van der Waals surface area contributed by atoms with Crippen LogP contribution < -0.4 is 10.6 Å². The van der Waals surface area contributed by atoms with E-state index >= 15 is 0 Å². The van der Waals surface area contributed by atoms with Crippen LogP contribution in [0.3, 0.4) is 0 Å². The number of amides is 4. The summed E-state index contributed by atoms with van der Waals surface area (Å²) >= 11 is 3.37. The van der Waals surface area contributed by atoms with Crippen LogP contribution in [-0.2, 0) is 16.1 Å². The molecule has 1 aliphatic rings. The van der Waals surface area contributed by atoms with Gasteiger partial charge in [-0.25, -0.2) is 4.79 Å². The van der Waals surface area contributed by atoms with E-state index in [0.717, 1.165) is 10.0 Å². The number of aromatic nitrogens is 2. The van der Waals surface area contributed by atoms with Crippen LogP contribution in [0.5, 0.6) is 0 Å². The summed E-state index contributed by atoms with van der Waals surface area (Å²) < 4.78 is 2.48. The number of nitriles is 1. The van der Waals surface area contributed by atoms with Crippen LogP contribution in [0, 0.1) is 11.3 Å². The number of benzene rings is 1. The number of barbiturate groups is 1. The molecule has 2 N–H and O–H groups in total. The van der Waals surface area contributed by atoms with E-state index in [1.165, 1.54) is 6.08 Å². The standard InChI is InChI=1S/C17H12BrN5O3/c18-12-4-2-10(3-5-12)14-11(9-23(22-14)7-1-6-19)8-13-15(24)20-17(26)21-16(13)25/h2-5,8-9H,1,7H2,(H2,20,21,24,25,26). The Bertz CT molecular complexity index is 947. The van der Waals surface area contributed by atoms with Gasteiger partial charge < -0.3 is 0 Å².